The molecule has 0 radical (unpaired) electrons. The van der Waals surface area contributed by atoms with Gasteiger partial charge in [-0.05, 0) is 20.8 Å². The summed E-state index contributed by atoms with van der Waals surface area (Å²) in [6, 6.07) is 0. The van der Waals surface area contributed by atoms with Crippen molar-refractivity contribution in [3.05, 3.63) is 34.0 Å². The molecule has 0 fully saturated rings. The topological polar surface area (TPSA) is 47.6 Å². The van der Waals surface area contributed by atoms with E-state index in [4.69, 9.17) is 21.1 Å². The molecule has 0 aromatic heterocycles. The third-order valence-corrected chi connectivity index (χ3v) is 3.09. The number of hydrogen-bond acceptors (Lipinski definition) is 3. The van der Waals surface area contributed by atoms with Crippen LogP contribution in [-0.2, 0) is 9.47 Å². The van der Waals surface area contributed by atoms with Gasteiger partial charge in [0, 0.05) is 16.5 Å². The number of carbonyl (C=O) groups is 1. The van der Waals surface area contributed by atoms with Crippen LogP contribution in [0.25, 0.3) is 0 Å². The molecule has 1 aliphatic heterocycles. The Bertz CT molecular complexity index is 440. The van der Waals surface area contributed by atoms with Gasteiger partial charge in [-0.15, -0.1) is 0 Å². The summed E-state index contributed by atoms with van der Waals surface area (Å²) in [6.07, 6.45) is -0.0863. The number of carbonyl (C=O) groups excluding carboxylic acids is 1. The van der Waals surface area contributed by atoms with Crippen molar-refractivity contribution in [1.29, 1.82) is 0 Å². The van der Waals surface area contributed by atoms with Gasteiger partial charge >= 0.3 is 6.09 Å². The van der Waals surface area contributed by atoms with Gasteiger partial charge in [-0.1, -0.05) is 40.7 Å². The number of amides is 1. The van der Waals surface area contributed by atoms with Crippen molar-refractivity contribution in [1.82, 2.24) is 5.32 Å². The van der Waals surface area contributed by atoms with Crippen LogP contribution in [0.4, 0.5) is 4.79 Å². The van der Waals surface area contributed by atoms with Crippen LogP contribution in [-0.4, -0.2) is 24.3 Å². The van der Waals surface area contributed by atoms with Gasteiger partial charge in [0.25, 0.3) is 0 Å². The Balaban J connectivity index is 2.53. The lowest BCUT2D eigenvalue weighted by molar-refractivity contribution is 0.0488. The SMILES string of the molecule is C=C(Cl)C1=C(C(=C)Br)CC(CNC(=O)OC(C)(C)C)O1. The van der Waals surface area contributed by atoms with E-state index in [1.807, 2.05) is 20.8 Å². The number of ether oxygens (including phenoxy) is 2. The van der Waals surface area contributed by atoms with Crippen LogP contribution in [0.2, 0.25) is 0 Å². The van der Waals surface area contributed by atoms with E-state index in [0.717, 1.165) is 5.57 Å². The van der Waals surface area contributed by atoms with Gasteiger partial charge in [-0.2, -0.15) is 0 Å². The number of halogens is 2. The van der Waals surface area contributed by atoms with Crippen molar-refractivity contribution in [2.75, 3.05) is 6.54 Å². The van der Waals surface area contributed by atoms with E-state index < -0.39 is 11.7 Å². The molecule has 112 valence electrons. The van der Waals surface area contributed by atoms with Gasteiger partial charge in [-0.25, -0.2) is 4.79 Å². The zero-order chi connectivity index (χ0) is 15.5. The van der Waals surface area contributed by atoms with Crippen LogP contribution >= 0.6 is 27.5 Å². The molecular weight excluding hydrogens is 346 g/mol. The Morgan fingerprint density at radius 1 is 1.55 bits per heavy atom. The van der Waals surface area contributed by atoms with Crippen molar-refractivity contribution in [3.63, 3.8) is 0 Å². The first-order valence-corrected chi connectivity index (χ1v) is 7.33. The lowest BCUT2D eigenvalue weighted by Crippen LogP contribution is -2.36. The largest absolute Gasteiger partial charge is 0.486 e. The van der Waals surface area contributed by atoms with Crippen LogP contribution in [0.15, 0.2) is 34.0 Å². The van der Waals surface area contributed by atoms with E-state index in [0.29, 0.717) is 28.2 Å². The smallest absolute Gasteiger partial charge is 0.407 e. The van der Waals surface area contributed by atoms with Gasteiger partial charge < -0.3 is 14.8 Å². The Hall–Kier alpha value is -0.940. The summed E-state index contributed by atoms with van der Waals surface area (Å²) >= 11 is 9.20. The molecular formula is C14H19BrClNO3. The lowest BCUT2D eigenvalue weighted by Gasteiger charge is -2.20. The fourth-order valence-electron chi connectivity index (χ4n) is 1.69. The highest BCUT2D eigenvalue weighted by molar-refractivity contribution is 9.11. The molecule has 1 rings (SSSR count). The molecule has 0 aliphatic carbocycles. The quantitative estimate of drug-likeness (QED) is 0.812. The highest BCUT2D eigenvalue weighted by Crippen LogP contribution is 2.36. The Morgan fingerprint density at radius 2 is 2.15 bits per heavy atom. The fraction of sp³-hybridized carbons (Fsp3) is 0.500. The molecule has 1 unspecified atom stereocenters. The van der Waals surface area contributed by atoms with Crippen LogP contribution < -0.4 is 5.32 Å². The lowest BCUT2D eigenvalue weighted by atomic mass is 10.1. The average Bonchev–Trinajstić information content (AvgIpc) is 2.68. The van der Waals surface area contributed by atoms with E-state index in [2.05, 4.69) is 34.4 Å². The molecule has 0 bridgehead atoms. The molecule has 1 atom stereocenters. The molecule has 0 aromatic carbocycles. The average molecular weight is 365 g/mol. The Labute approximate surface area is 133 Å². The number of alkyl carbamates (subject to hydrolysis) is 1. The van der Waals surface area contributed by atoms with E-state index in [-0.39, 0.29) is 6.10 Å². The van der Waals surface area contributed by atoms with Crippen molar-refractivity contribution in [2.24, 2.45) is 0 Å². The summed E-state index contributed by atoms with van der Waals surface area (Å²) in [7, 11) is 0. The van der Waals surface area contributed by atoms with Gasteiger partial charge in [0.15, 0.2) is 0 Å². The summed E-state index contributed by atoms with van der Waals surface area (Å²) in [6.45, 7) is 13.2. The molecule has 0 spiro atoms. The van der Waals surface area contributed by atoms with Crippen molar-refractivity contribution >= 4 is 33.6 Å². The number of allylic oxidation sites excluding steroid dienone is 2. The Kier molecular flexibility index (Phi) is 5.71. The summed E-state index contributed by atoms with van der Waals surface area (Å²) in [4.78, 5) is 11.6. The van der Waals surface area contributed by atoms with Gasteiger partial charge in [-0.3, -0.25) is 0 Å². The standard InChI is InChI=1S/C14H19BrClNO3/c1-8(15)11-6-10(19-12(11)9(2)16)7-17-13(18)20-14(3,4)5/h10H,1-2,6-7H2,3-5H3,(H,17,18). The molecule has 1 aliphatic rings. The molecule has 1 heterocycles. The first-order valence-electron chi connectivity index (χ1n) is 6.16. The van der Waals surface area contributed by atoms with Crippen molar-refractivity contribution in [2.45, 2.75) is 38.9 Å². The number of nitrogens with one attached hydrogen (secondary N) is 1. The first kappa shape index (κ1) is 17.1. The minimum Gasteiger partial charge on any atom is -0.486 e. The minimum atomic E-state index is -0.524. The zero-order valence-corrected chi connectivity index (χ0v) is 14.2. The summed E-state index contributed by atoms with van der Waals surface area (Å²) < 4.78 is 11.5. The summed E-state index contributed by atoms with van der Waals surface area (Å²) in [5, 5.41) is 2.99. The maximum atomic E-state index is 11.6. The molecule has 20 heavy (non-hydrogen) atoms. The predicted molar refractivity (Wildman–Crippen MR) is 83.8 cm³/mol. The molecule has 6 heteroatoms. The molecule has 0 saturated heterocycles. The summed E-state index contributed by atoms with van der Waals surface area (Å²) in [5.41, 5.74) is 0.338. The third kappa shape index (κ3) is 5.21. The second-order valence-electron chi connectivity index (χ2n) is 5.44. The fourth-order valence-corrected chi connectivity index (χ4v) is 2.19. The minimum absolute atomic E-state index is 0.211. The zero-order valence-electron chi connectivity index (χ0n) is 11.9. The number of hydrogen-bond donors (Lipinski definition) is 1. The van der Waals surface area contributed by atoms with Crippen molar-refractivity contribution < 1.29 is 14.3 Å². The van der Waals surface area contributed by atoms with Crippen LogP contribution in [0.1, 0.15) is 27.2 Å². The highest BCUT2D eigenvalue weighted by Gasteiger charge is 2.28. The van der Waals surface area contributed by atoms with Crippen LogP contribution in [0, 0.1) is 0 Å². The molecule has 1 N–H and O–H groups in total. The van der Waals surface area contributed by atoms with E-state index >= 15 is 0 Å². The molecule has 0 aromatic rings. The highest BCUT2D eigenvalue weighted by atomic mass is 79.9. The van der Waals surface area contributed by atoms with Gasteiger partial charge in [0.1, 0.15) is 17.5 Å². The number of rotatable bonds is 4. The molecule has 4 nitrogen and oxygen atoms in total. The first-order chi connectivity index (χ1) is 9.10. The molecule has 1 amide bonds. The van der Waals surface area contributed by atoms with Gasteiger partial charge in [0.2, 0.25) is 0 Å². The monoisotopic (exact) mass is 363 g/mol. The van der Waals surface area contributed by atoms with Crippen LogP contribution in [0.5, 0.6) is 0 Å². The molecule has 0 saturated carbocycles. The normalized spacial score (nSPS) is 18.6. The Morgan fingerprint density at radius 3 is 2.55 bits per heavy atom. The second-order valence-corrected chi connectivity index (χ2v) is 6.86. The predicted octanol–water partition coefficient (Wildman–Crippen LogP) is 4.22. The van der Waals surface area contributed by atoms with E-state index in [9.17, 15) is 4.79 Å². The van der Waals surface area contributed by atoms with E-state index in [1.165, 1.54) is 0 Å². The summed E-state index contributed by atoms with van der Waals surface area (Å²) in [5.74, 6) is 0.518. The third-order valence-electron chi connectivity index (χ3n) is 2.44. The van der Waals surface area contributed by atoms with Crippen molar-refractivity contribution in [3.8, 4) is 0 Å². The van der Waals surface area contributed by atoms with Gasteiger partial charge in [0.05, 0.1) is 11.6 Å². The van der Waals surface area contributed by atoms with E-state index in [1.54, 1.807) is 0 Å². The maximum Gasteiger partial charge on any atom is 0.407 e. The second kappa shape index (κ2) is 6.68. The van der Waals surface area contributed by atoms with Crippen LogP contribution in [0.3, 0.4) is 0 Å². The maximum absolute atomic E-state index is 11.6.